The molecule has 0 spiro atoms. The van der Waals surface area contributed by atoms with Crippen LogP contribution >= 0.6 is 24.2 Å². The fraction of sp³-hybridized carbons (Fsp3) is 0.500. The van der Waals surface area contributed by atoms with Gasteiger partial charge in [-0.15, -0.1) is 24.2 Å². The number of thioether (sulfide) groups is 1. The number of rotatable bonds is 4. The molecule has 1 aliphatic heterocycles. The van der Waals surface area contributed by atoms with Crippen molar-refractivity contribution in [2.24, 2.45) is 0 Å². The van der Waals surface area contributed by atoms with Crippen LogP contribution in [0.2, 0.25) is 0 Å². The van der Waals surface area contributed by atoms with Crippen molar-refractivity contribution in [3.05, 3.63) is 35.4 Å². The first kappa shape index (κ1) is 16.3. The van der Waals surface area contributed by atoms with Crippen LogP contribution in [0.15, 0.2) is 24.3 Å². The lowest BCUT2D eigenvalue weighted by atomic mass is 10.0. The molecule has 1 aromatic rings. The molecule has 0 aliphatic carbocycles. The maximum atomic E-state index is 12.0. The largest absolute Gasteiger partial charge is 0.348 e. The molecule has 0 radical (unpaired) electrons. The number of carbonyl (C=O) groups excluding carboxylic acids is 1. The number of nitrogens with one attached hydrogen (secondary N) is 2. The fourth-order valence-corrected chi connectivity index (χ4v) is 2.94. The molecule has 0 saturated carbocycles. The Hall–Kier alpha value is -0.710. The van der Waals surface area contributed by atoms with E-state index in [0.29, 0.717) is 0 Å². The zero-order valence-corrected chi connectivity index (χ0v) is 12.9. The Labute approximate surface area is 125 Å². The first-order chi connectivity index (χ1) is 8.70. The van der Waals surface area contributed by atoms with Gasteiger partial charge in [0.25, 0.3) is 0 Å². The minimum Gasteiger partial charge on any atom is -0.348 e. The lowest BCUT2D eigenvalue weighted by Crippen LogP contribution is -2.42. The molecule has 0 bridgehead atoms. The molecule has 1 saturated heterocycles. The van der Waals surface area contributed by atoms with Gasteiger partial charge in [-0.05, 0) is 24.5 Å². The van der Waals surface area contributed by atoms with E-state index in [-0.39, 0.29) is 30.4 Å². The van der Waals surface area contributed by atoms with Gasteiger partial charge < -0.3 is 5.32 Å². The van der Waals surface area contributed by atoms with E-state index in [9.17, 15) is 4.79 Å². The van der Waals surface area contributed by atoms with Crippen molar-refractivity contribution >= 4 is 30.1 Å². The maximum Gasteiger partial charge on any atom is 0.238 e. The van der Waals surface area contributed by atoms with Gasteiger partial charge in [-0.25, -0.2) is 0 Å². The Bertz CT molecular complexity index is 404. The quantitative estimate of drug-likeness (QED) is 0.898. The standard InChI is InChI=1S/C14H20N2OS.ClH/c1-3-11-4-6-12(7-5-11)10(2)16-14(17)13-8-18-9-15-13;/h4-7,10,13,15H,3,8-9H2,1-2H3,(H,16,17);1H. The molecule has 2 atom stereocenters. The molecule has 1 aromatic carbocycles. The highest BCUT2D eigenvalue weighted by Gasteiger charge is 2.23. The molecule has 1 aliphatic rings. The Kier molecular flexibility index (Phi) is 6.69. The van der Waals surface area contributed by atoms with E-state index >= 15 is 0 Å². The van der Waals surface area contributed by atoms with Crippen LogP contribution in [0.5, 0.6) is 0 Å². The summed E-state index contributed by atoms with van der Waals surface area (Å²) in [6, 6.07) is 8.48. The van der Waals surface area contributed by atoms with Crippen LogP contribution in [-0.2, 0) is 11.2 Å². The van der Waals surface area contributed by atoms with Crippen LogP contribution in [0.1, 0.15) is 31.0 Å². The highest BCUT2D eigenvalue weighted by molar-refractivity contribution is 7.99. The molecule has 2 rings (SSSR count). The van der Waals surface area contributed by atoms with Crippen molar-refractivity contribution in [3.63, 3.8) is 0 Å². The third-order valence-electron chi connectivity index (χ3n) is 3.28. The van der Waals surface area contributed by atoms with E-state index in [1.165, 1.54) is 5.56 Å². The van der Waals surface area contributed by atoms with Crippen molar-refractivity contribution < 1.29 is 4.79 Å². The first-order valence-corrected chi connectivity index (χ1v) is 7.56. The average Bonchev–Trinajstić information content (AvgIpc) is 2.92. The third-order valence-corrected chi connectivity index (χ3v) is 4.22. The summed E-state index contributed by atoms with van der Waals surface area (Å²) in [4.78, 5) is 12.0. The highest BCUT2D eigenvalue weighted by atomic mass is 35.5. The normalized spacial score (nSPS) is 19.6. The number of benzene rings is 1. The molecular weight excluding hydrogens is 280 g/mol. The van der Waals surface area contributed by atoms with Gasteiger partial charge in [0, 0.05) is 11.6 Å². The summed E-state index contributed by atoms with van der Waals surface area (Å²) in [7, 11) is 0. The average molecular weight is 301 g/mol. The molecule has 1 fully saturated rings. The van der Waals surface area contributed by atoms with Crippen LogP contribution in [-0.4, -0.2) is 23.6 Å². The zero-order valence-electron chi connectivity index (χ0n) is 11.3. The van der Waals surface area contributed by atoms with Crippen molar-refractivity contribution in [2.45, 2.75) is 32.4 Å². The van der Waals surface area contributed by atoms with E-state index in [2.05, 4.69) is 41.8 Å². The predicted octanol–water partition coefficient (Wildman–Crippen LogP) is 2.51. The van der Waals surface area contributed by atoms with Crippen LogP contribution in [0.3, 0.4) is 0 Å². The number of amides is 1. The van der Waals surface area contributed by atoms with Crippen LogP contribution in [0.4, 0.5) is 0 Å². The smallest absolute Gasteiger partial charge is 0.238 e. The van der Waals surface area contributed by atoms with Gasteiger partial charge in [-0.3, -0.25) is 10.1 Å². The minimum atomic E-state index is -0.0348. The molecule has 106 valence electrons. The van der Waals surface area contributed by atoms with Crippen molar-refractivity contribution in [2.75, 3.05) is 11.6 Å². The highest BCUT2D eigenvalue weighted by Crippen LogP contribution is 2.15. The monoisotopic (exact) mass is 300 g/mol. The van der Waals surface area contributed by atoms with Crippen molar-refractivity contribution in [3.8, 4) is 0 Å². The molecule has 5 heteroatoms. The lowest BCUT2D eigenvalue weighted by molar-refractivity contribution is -0.123. The van der Waals surface area contributed by atoms with Gasteiger partial charge in [0.2, 0.25) is 5.91 Å². The van der Waals surface area contributed by atoms with E-state index < -0.39 is 0 Å². The summed E-state index contributed by atoms with van der Waals surface area (Å²) >= 11 is 1.77. The van der Waals surface area contributed by atoms with Gasteiger partial charge in [-0.1, -0.05) is 31.2 Å². The van der Waals surface area contributed by atoms with Gasteiger partial charge in [0.15, 0.2) is 0 Å². The van der Waals surface area contributed by atoms with E-state index in [4.69, 9.17) is 0 Å². The zero-order chi connectivity index (χ0) is 13.0. The van der Waals surface area contributed by atoms with E-state index in [1.807, 2.05) is 6.92 Å². The Morgan fingerprint density at radius 3 is 2.68 bits per heavy atom. The van der Waals surface area contributed by atoms with Crippen molar-refractivity contribution in [1.82, 2.24) is 10.6 Å². The summed E-state index contributed by atoms with van der Waals surface area (Å²) in [5, 5.41) is 6.24. The summed E-state index contributed by atoms with van der Waals surface area (Å²) in [5.41, 5.74) is 2.48. The molecule has 0 aromatic heterocycles. The minimum absolute atomic E-state index is 0. The molecule has 19 heavy (non-hydrogen) atoms. The second-order valence-electron chi connectivity index (χ2n) is 4.60. The maximum absolute atomic E-state index is 12.0. The lowest BCUT2D eigenvalue weighted by Gasteiger charge is -2.17. The van der Waals surface area contributed by atoms with Crippen LogP contribution in [0.25, 0.3) is 0 Å². The summed E-state index contributed by atoms with van der Waals surface area (Å²) in [6.45, 7) is 4.17. The number of hydrogen-bond acceptors (Lipinski definition) is 3. The molecular formula is C14H21ClN2OS. The third kappa shape index (κ3) is 4.41. The summed E-state index contributed by atoms with van der Waals surface area (Å²) < 4.78 is 0. The summed E-state index contributed by atoms with van der Waals surface area (Å²) in [6.07, 6.45) is 1.05. The Morgan fingerprint density at radius 1 is 1.47 bits per heavy atom. The van der Waals surface area contributed by atoms with Gasteiger partial charge >= 0.3 is 0 Å². The first-order valence-electron chi connectivity index (χ1n) is 6.41. The summed E-state index contributed by atoms with van der Waals surface area (Å²) in [5.74, 6) is 1.84. The topological polar surface area (TPSA) is 41.1 Å². The number of hydrogen-bond donors (Lipinski definition) is 2. The predicted molar refractivity (Wildman–Crippen MR) is 83.9 cm³/mol. The number of carbonyl (C=O) groups is 1. The Morgan fingerprint density at radius 2 is 2.16 bits per heavy atom. The fourth-order valence-electron chi connectivity index (χ4n) is 2.00. The second kappa shape index (κ2) is 7.78. The molecule has 2 unspecified atom stereocenters. The van der Waals surface area contributed by atoms with E-state index in [1.54, 1.807) is 11.8 Å². The van der Waals surface area contributed by atoms with Gasteiger partial charge in [-0.2, -0.15) is 0 Å². The van der Waals surface area contributed by atoms with Crippen LogP contribution in [0, 0.1) is 0 Å². The molecule has 1 heterocycles. The van der Waals surface area contributed by atoms with Crippen LogP contribution < -0.4 is 10.6 Å². The molecule has 2 N–H and O–H groups in total. The molecule has 3 nitrogen and oxygen atoms in total. The second-order valence-corrected chi connectivity index (χ2v) is 5.63. The number of halogens is 1. The van der Waals surface area contributed by atoms with E-state index in [0.717, 1.165) is 23.6 Å². The number of aryl methyl sites for hydroxylation is 1. The van der Waals surface area contributed by atoms with Gasteiger partial charge in [0.1, 0.15) is 0 Å². The van der Waals surface area contributed by atoms with Crippen molar-refractivity contribution in [1.29, 1.82) is 0 Å². The SMILES string of the molecule is CCc1ccc(C(C)NC(=O)C2CSCN2)cc1.Cl. The van der Waals surface area contributed by atoms with Gasteiger partial charge in [0.05, 0.1) is 12.1 Å². The Balaban J connectivity index is 0.00000180. The molecule has 1 amide bonds.